The molecule has 0 saturated carbocycles. The number of ether oxygens (including phenoxy) is 2. The van der Waals surface area contributed by atoms with Crippen molar-refractivity contribution in [3.63, 3.8) is 0 Å². The quantitative estimate of drug-likeness (QED) is 0.245. The molecule has 184 valence electrons. The van der Waals surface area contributed by atoms with Gasteiger partial charge in [0, 0.05) is 0 Å². The van der Waals surface area contributed by atoms with Crippen molar-refractivity contribution in [3.05, 3.63) is 87.9 Å². The number of halogens is 2. The fraction of sp³-hybridized carbons (Fsp3) is 0.148. The Kier molecular flexibility index (Phi) is 8.20. The van der Waals surface area contributed by atoms with Gasteiger partial charge in [-0.1, -0.05) is 0 Å². The maximum atomic E-state index is 12.9. The summed E-state index contributed by atoms with van der Waals surface area (Å²) in [5.41, 5.74) is 3.20. The summed E-state index contributed by atoms with van der Waals surface area (Å²) in [6.07, 6.45) is 0.223. The molecule has 0 fully saturated rings. The van der Waals surface area contributed by atoms with Crippen LogP contribution < -0.4 is 9.47 Å². The second kappa shape index (κ2) is 11.3. The van der Waals surface area contributed by atoms with Gasteiger partial charge in [0.1, 0.15) is 0 Å². The summed E-state index contributed by atoms with van der Waals surface area (Å²) in [5, 5.41) is 11.1. The maximum absolute atomic E-state index is 12.9. The van der Waals surface area contributed by atoms with E-state index in [0.29, 0.717) is 17.2 Å². The molecule has 0 aliphatic rings. The molecule has 4 aromatic rings. The van der Waals surface area contributed by atoms with E-state index >= 15 is 0 Å². The van der Waals surface area contributed by atoms with Crippen LogP contribution in [0.25, 0.3) is 22.2 Å². The van der Waals surface area contributed by atoms with Crippen molar-refractivity contribution in [1.29, 1.82) is 0 Å². The number of hydrogen-bond donors (Lipinski definition) is 1. The predicted molar refractivity (Wildman–Crippen MR) is 143 cm³/mol. The Morgan fingerprint density at radius 2 is 1.58 bits per heavy atom. The summed E-state index contributed by atoms with van der Waals surface area (Å²) >= 11 is 10.7. The van der Waals surface area contributed by atoms with Crippen molar-refractivity contribution in [2.75, 3.05) is 14.2 Å². The van der Waals surface area contributed by atoms with Gasteiger partial charge in [0.05, 0.1) is 0 Å². The summed E-state index contributed by atoms with van der Waals surface area (Å²) < 4.78 is 9.91. The van der Waals surface area contributed by atoms with E-state index in [1.807, 2.05) is 48.5 Å². The molecule has 0 bridgehead atoms. The van der Waals surface area contributed by atoms with E-state index in [1.54, 1.807) is 32.4 Å². The second-order valence-electron chi connectivity index (χ2n) is 7.93. The Bertz CT molecular complexity index is 1420. The van der Waals surface area contributed by atoms with Gasteiger partial charge >= 0.3 is 226 Å². The zero-order chi connectivity index (χ0) is 25.8. The van der Waals surface area contributed by atoms with E-state index in [4.69, 9.17) is 37.7 Å². The van der Waals surface area contributed by atoms with Crippen LogP contribution in [0.2, 0.25) is 14.8 Å². The van der Waals surface area contributed by atoms with Crippen LogP contribution in [-0.4, -0.2) is 50.6 Å². The molecule has 36 heavy (non-hydrogen) atoms. The van der Waals surface area contributed by atoms with Crippen LogP contribution in [0.4, 0.5) is 0 Å². The van der Waals surface area contributed by atoms with Crippen LogP contribution in [-0.2, 0) is 11.2 Å². The minimum atomic E-state index is -1.59. The number of pyridine rings is 1. The Morgan fingerprint density at radius 3 is 2.19 bits per heavy atom. The van der Waals surface area contributed by atoms with E-state index in [2.05, 4.69) is 0 Å². The molecule has 0 amide bonds. The van der Waals surface area contributed by atoms with Crippen molar-refractivity contribution < 1.29 is 24.2 Å². The molecule has 0 aliphatic heterocycles. The van der Waals surface area contributed by atoms with Gasteiger partial charge in [0.15, 0.2) is 0 Å². The molecule has 0 saturated heterocycles. The van der Waals surface area contributed by atoms with Gasteiger partial charge in [-0.25, -0.2) is 0 Å². The minimum absolute atomic E-state index is 0.203. The third kappa shape index (κ3) is 5.51. The van der Waals surface area contributed by atoms with Crippen LogP contribution in [0.15, 0.2) is 66.7 Å². The molecule has 1 heterocycles. The molecule has 0 spiro atoms. The zero-order valence-corrected chi connectivity index (χ0v) is 23.0. The number of benzene rings is 3. The number of carbonyl (C=O) groups is 2. The molecule has 4 rings (SSSR count). The molecule has 0 radical (unpaired) electrons. The first kappa shape index (κ1) is 26.0. The Hall–Kier alpha value is -3.05. The van der Waals surface area contributed by atoms with Crippen LogP contribution in [0.1, 0.15) is 15.9 Å². The molecular weight excluding hydrogens is 564 g/mol. The molecule has 9 heteroatoms. The van der Waals surface area contributed by atoms with Gasteiger partial charge in [-0.3, -0.25) is 0 Å². The molecule has 1 N–H and O–H groups in total. The molecule has 1 aromatic heterocycles. The molecule has 0 aliphatic carbocycles. The molecule has 2 atom stereocenters. The standard InChI is InChI=1S/C27H22AsCl2NO5/c1-35-22-7-4-8-23(36-2)25(22)21-12-10-16-13-15(9-11-20(16)31-21)14-17(27(33)34)28-26(32)24-18(29)5-3-6-19(24)30/h3-13,17,28H,14H2,1-2H3,(H,33,34)/t17-/m0/s1. The number of carboxylic acids is 1. The number of carbonyl (C=O) groups excluding carboxylic acids is 1. The molecule has 6 nitrogen and oxygen atoms in total. The number of hydrogen-bond acceptors (Lipinski definition) is 5. The Balaban J connectivity index is 1.60. The second-order valence-corrected chi connectivity index (χ2v) is 11.8. The third-order valence-corrected chi connectivity index (χ3v) is 9.05. The van der Waals surface area contributed by atoms with Crippen molar-refractivity contribution in [2.45, 2.75) is 11.1 Å². The summed E-state index contributed by atoms with van der Waals surface area (Å²) in [6, 6.07) is 19.7. The number of rotatable bonds is 9. The van der Waals surface area contributed by atoms with Crippen molar-refractivity contribution in [1.82, 2.24) is 4.98 Å². The summed E-state index contributed by atoms with van der Waals surface area (Å²) in [6.45, 7) is 0. The fourth-order valence-corrected chi connectivity index (χ4v) is 7.33. The first-order chi connectivity index (χ1) is 17.3. The van der Waals surface area contributed by atoms with Crippen molar-refractivity contribution in [3.8, 4) is 22.8 Å². The van der Waals surface area contributed by atoms with Gasteiger partial charge in [-0.2, -0.15) is 0 Å². The summed E-state index contributed by atoms with van der Waals surface area (Å²) in [5.74, 6) is 0.285. The summed E-state index contributed by atoms with van der Waals surface area (Å²) in [4.78, 5) is 29.7. The van der Waals surface area contributed by atoms with Gasteiger partial charge in [-0.15, -0.1) is 0 Å². The van der Waals surface area contributed by atoms with E-state index in [9.17, 15) is 14.7 Å². The molecular formula is C27H22AsCl2NO5. The Labute approximate surface area is 224 Å². The van der Waals surface area contributed by atoms with Gasteiger partial charge in [0.25, 0.3) is 0 Å². The average Bonchev–Trinajstić information content (AvgIpc) is 2.87. The van der Waals surface area contributed by atoms with Gasteiger partial charge in [-0.05, 0) is 0 Å². The number of aliphatic carboxylic acids is 1. The third-order valence-electron chi connectivity index (χ3n) is 5.67. The predicted octanol–water partition coefficient (Wildman–Crippen LogP) is 5.92. The van der Waals surface area contributed by atoms with E-state index in [0.717, 1.165) is 22.0 Å². The topological polar surface area (TPSA) is 85.7 Å². The van der Waals surface area contributed by atoms with Crippen LogP contribution in [0, 0.1) is 0 Å². The number of methoxy groups -OCH3 is 2. The van der Waals surface area contributed by atoms with E-state index in [-0.39, 0.29) is 26.6 Å². The number of fused-ring (bicyclic) bond motifs is 1. The number of aromatic nitrogens is 1. The SMILES string of the molecule is COc1cccc(OC)c1-c1ccc2cc(C[C@H]([AsH]C(=O)c3c(Cl)cccc3Cl)C(=O)O)ccc2n1. The van der Waals surface area contributed by atoms with Gasteiger partial charge in [0.2, 0.25) is 0 Å². The van der Waals surface area contributed by atoms with Crippen LogP contribution >= 0.6 is 23.2 Å². The normalized spacial score (nSPS) is 12.1. The molecule has 1 unspecified atom stereocenters. The number of carboxylic acid groups (broad SMARTS) is 1. The monoisotopic (exact) mass is 585 g/mol. The van der Waals surface area contributed by atoms with E-state index < -0.39 is 26.4 Å². The zero-order valence-electron chi connectivity index (χ0n) is 19.4. The fourth-order valence-electron chi connectivity index (χ4n) is 3.93. The summed E-state index contributed by atoms with van der Waals surface area (Å²) in [7, 11) is 3.19. The number of nitrogens with zero attached hydrogens (tertiary/aromatic N) is 1. The van der Waals surface area contributed by atoms with E-state index in [1.165, 1.54) is 0 Å². The molecule has 3 aromatic carbocycles. The van der Waals surface area contributed by atoms with Gasteiger partial charge < -0.3 is 0 Å². The average molecular weight is 586 g/mol. The first-order valence-corrected chi connectivity index (χ1v) is 13.9. The van der Waals surface area contributed by atoms with Crippen LogP contribution in [0.5, 0.6) is 11.5 Å². The van der Waals surface area contributed by atoms with Crippen LogP contribution in [0.3, 0.4) is 0 Å². The first-order valence-electron chi connectivity index (χ1n) is 10.9. The van der Waals surface area contributed by atoms with Crippen molar-refractivity contribution >= 4 is 60.4 Å². The Morgan fingerprint density at radius 1 is 0.944 bits per heavy atom. The van der Waals surface area contributed by atoms with Crippen molar-refractivity contribution in [2.24, 2.45) is 0 Å².